The van der Waals surface area contributed by atoms with E-state index in [1.165, 1.54) is 19.9 Å². The summed E-state index contributed by atoms with van der Waals surface area (Å²) in [6.07, 6.45) is 1.58. The summed E-state index contributed by atoms with van der Waals surface area (Å²) in [5.41, 5.74) is 3.97. The maximum Gasteiger partial charge on any atom is 2.00 e. The van der Waals surface area contributed by atoms with Gasteiger partial charge in [0, 0.05) is 28.5 Å². The fourth-order valence-corrected chi connectivity index (χ4v) is 3.37. The normalized spacial score (nSPS) is 12.2. The van der Waals surface area contributed by atoms with Gasteiger partial charge in [-0.15, -0.1) is 17.2 Å². The number of allylic oxidation sites excluding steroid dienone is 1. The second-order valence-corrected chi connectivity index (χ2v) is 8.64. The Morgan fingerprint density at radius 2 is 1.21 bits per heavy atom. The Balaban J connectivity index is 0.00000110. The quantitative estimate of drug-likeness (QED) is 0.155. The number of hydrogen-bond acceptors (Lipinski definition) is 7. The summed E-state index contributed by atoms with van der Waals surface area (Å²) >= 11 is 0. The van der Waals surface area contributed by atoms with Gasteiger partial charge in [0.1, 0.15) is 11.5 Å². The van der Waals surface area contributed by atoms with Crippen LogP contribution in [0.3, 0.4) is 0 Å². The third kappa shape index (κ3) is 7.77. The van der Waals surface area contributed by atoms with Gasteiger partial charge in [-0.05, 0) is 44.6 Å². The number of esters is 3. The van der Waals surface area contributed by atoms with Crippen LogP contribution in [0.2, 0.25) is 0 Å². The van der Waals surface area contributed by atoms with Crippen molar-refractivity contribution >= 4 is 24.2 Å². The second kappa shape index (κ2) is 13.9. The van der Waals surface area contributed by atoms with E-state index in [4.69, 9.17) is 14.2 Å². The molecule has 1 aliphatic carbocycles. The van der Waals surface area contributed by atoms with E-state index in [1.807, 2.05) is 6.92 Å². The molecule has 0 heterocycles. The van der Waals surface area contributed by atoms with Crippen LogP contribution in [0.4, 0.5) is 0 Å². The molecule has 8 heteroatoms. The van der Waals surface area contributed by atoms with Crippen LogP contribution in [0.25, 0.3) is 11.1 Å². The molecule has 0 aromatic heterocycles. The number of ether oxygens (including phenoxy) is 3. The van der Waals surface area contributed by atoms with E-state index in [9.17, 15) is 19.2 Å². The van der Waals surface area contributed by atoms with Crippen LogP contribution >= 0.6 is 0 Å². The summed E-state index contributed by atoms with van der Waals surface area (Å²) in [5, 5.41) is 0. The molecular formula is C30H28O7U. The van der Waals surface area contributed by atoms with Crippen LogP contribution in [0.1, 0.15) is 51.7 Å². The molecule has 1 unspecified atom stereocenters. The Labute approximate surface area is 246 Å². The molecule has 2 aromatic rings. The SMILES string of the molecule is C=C(C)C(=O)Oc1cc(OC(=O)C(=C)C)c2c(c1)-c1c[c-]cc(OC(=O)C(=C)C)c1C2C.C=C(C)[C-]=O.[U+2]. The van der Waals surface area contributed by atoms with Crippen LogP contribution in [-0.4, -0.2) is 24.2 Å². The first-order valence-corrected chi connectivity index (χ1v) is 11.2. The maximum atomic E-state index is 12.3. The van der Waals surface area contributed by atoms with Crippen molar-refractivity contribution in [2.24, 2.45) is 0 Å². The Morgan fingerprint density at radius 3 is 1.68 bits per heavy atom. The third-order valence-electron chi connectivity index (χ3n) is 5.10. The average Bonchev–Trinajstić information content (AvgIpc) is 3.12. The van der Waals surface area contributed by atoms with E-state index in [2.05, 4.69) is 32.4 Å². The molecule has 0 saturated heterocycles. The second-order valence-electron chi connectivity index (χ2n) is 8.64. The molecule has 0 amide bonds. The zero-order valence-electron chi connectivity index (χ0n) is 22.1. The van der Waals surface area contributed by atoms with E-state index in [0.29, 0.717) is 22.4 Å². The smallest absolute Gasteiger partial charge is 0.487 e. The molecule has 2 aromatic carbocycles. The van der Waals surface area contributed by atoms with Gasteiger partial charge in [0.25, 0.3) is 0 Å². The summed E-state index contributed by atoms with van der Waals surface area (Å²) < 4.78 is 16.5. The fraction of sp³-hybridized carbons (Fsp3) is 0.200. The van der Waals surface area contributed by atoms with E-state index >= 15 is 0 Å². The molecule has 0 radical (unpaired) electrons. The average molecular weight is 739 g/mol. The Morgan fingerprint density at radius 1 is 0.763 bits per heavy atom. The predicted octanol–water partition coefficient (Wildman–Crippen LogP) is 5.74. The van der Waals surface area contributed by atoms with Crippen molar-refractivity contribution in [1.82, 2.24) is 0 Å². The van der Waals surface area contributed by atoms with E-state index in [-0.39, 0.29) is 65.2 Å². The molecule has 1 atom stereocenters. The summed E-state index contributed by atoms with van der Waals surface area (Å²) in [7, 11) is 0. The van der Waals surface area contributed by atoms with Crippen LogP contribution in [0.5, 0.6) is 17.2 Å². The number of rotatable bonds is 7. The van der Waals surface area contributed by atoms with Crippen molar-refractivity contribution in [3.8, 4) is 28.4 Å². The van der Waals surface area contributed by atoms with E-state index < -0.39 is 17.9 Å². The molecule has 0 saturated carbocycles. The minimum atomic E-state index is -0.612. The molecular weight excluding hydrogens is 710 g/mol. The van der Waals surface area contributed by atoms with Gasteiger partial charge in [-0.1, -0.05) is 39.1 Å². The summed E-state index contributed by atoms with van der Waals surface area (Å²) in [6.45, 7) is 22.2. The number of fused-ring (bicyclic) bond motifs is 3. The monoisotopic (exact) mass is 738 g/mol. The van der Waals surface area contributed by atoms with Gasteiger partial charge in [0.2, 0.25) is 0 Å². The number of carbonyl (C=O) groups excluding carboxylic acids is 4. The molecule has 3 rings (SSSR count). The minimum Gasteiger partial charge on any atom is -0.487 e. The molecule has 0 fully saturated rings. The van der Waals surface area contributed by atoms with Gasteiger partial charge in [-0.3, -0.25) is 0 Å². The first kappa shape index (κ1) is 32.6. The number of carbonyl (C=O) groups is 3. The number of hydrogen-bond donors (Lipinski definition) is 0. The summed E-state index contributed by atoms with van der Waals surface area (Å²) in [5.74, 6) is -1.33. The van der Waals surface area contributed by atoms with Gasteiger partial charge in [-0.25, -0.2) is 21.0 Å². The van der Waals surface area contributed by atoms with Crippen LogP contribution in [0.15, 0.2) is 72.9 Å². The van der Waals surface area contributed by atoms with Crippen LogP contribution in [-0.2, 0) is 19.2 Å². The molecule has 194 valence electrons. The zero-order valence-corrected chi connectivity index (χ0v) is 26.2. The topological polar surface area (TPSA) is 96.0 Å². The molecule has 0 bridgehead atoms. The largest absolute Gasteiger partial charge is 2.00 e. The molecule has 0 spiro atoms. The van der Waals surface area contributed by atoms with Gasteiger partial charge < -0.3 is 19.0 Å². The van der Waals surface area contributed by atoms with Crippen molar-refractivity contribution in [1.29, 1.82) is 0 Å². The van der Waals surface area contributed by atoms with Crippen LogP contribution in [0, 0.1) is 37.2 Å². The fourth-order valence-electron chi connectivity index (χ4n) is 3.37. The molecule has 7 nitrogen and oxygen atoms in total. The number of benzene rings is 2. The molecule has 38 heavy (non-hydrogen) atoms. The summed E-state index contributed by atoms with van der Waals surface area (Å²) in [6, 6.07) is 9.44. The molecule has 0 N–H and O–H groups in total. The molecule has 1 aliphatic rings. The Hall–Kier alpha value is -3.47. The first-order valence-electron chi connectivity index (χ1n) is 11.2. The van der Waals surface area contributed by atoms with Crippen molar-refractivity contribution in [3.05, 3.63) is 90.1 Å². The zero-order chi connectivity index (χ0) is 28.0. The Kier molecular flexibility index (Phi) is 11.9. The first-order chi connectivity index (χ1) is 17.3. The van der Waals surface area contributed by atoms with Gasteiger partial charge >= 0.3 is 49.0 Å². The van der Waals surface area contributed by atoms with Gasteiger partial charge in [-0.2, -0.15) is 17.7 Å². The van der Waals surface area contributed by atoms with E-state index in [0.717, 1.165) is 11.1 Å². The van der Waals surface area contributed by atoms with Crippen molar-refractivity contribution in [2.45, 2.75) is 40.5 Å². The Bertz CT molecular complexity index is 1350. The molecule has 0 aliphatic heterocycles. The summed E-state index contributed by atoms with van der Waals surface area (Å²) in [4.78, 5) is 45.8. The van der Waals surface area contributed by atoms with Crippen molar-refractivity contribution < 1.29 is 64.5 Å². The van der Waals surface area contributed by atoms with Crippen LogP contribution < -0.4 is 14.2 Å². The van der Waals surface area contributed by atoms with Gasteiger partial charge in [0.05, 0.1) is 0 Å². The maximum absolute atomic E-state index is 12.3. The van der Waals surface area contributed by atoms with E-state index in [1.54, 1.807) is 38.3 Å². The third-order valence-corrected chi connectivity index (χ3v) is 5.10. The van der Waals surface area contributed by atoms with Crippen molar-refractivity contribution in [2.75, 3.05) is 0 Å². The minimum absolute atomic E-state index is 0. The van der Waals surface area contributed by atoms with Crippen molar-refractivity contribution in [3.63, 3.8) is 0 Å². The predicted molar refractivity (Wildman–Crippen MR) is 140 cm³/mol. The van der Waals surface area contributed by atoms with Gasteiger partial charge in [0.15, 0.2) is 0 Å². The standard InChI is InChI=1S/C26H23O6.C4H5O.U/c1-13(2)24(27)30-17-11-19-18-9-8-10-20(31-25(28)14(3)4)22(18)16(7)23(19)21(12-17)32-26(29)15(5)6;1-4(2)3-5;/h9-12,16H,1,3,5H2,2,4,6-7H3;1H2,2H3;/q2*-1;+2.